The highest BCUT2D eigenvalue weighted by molar-refractivity contribution is 7.09. The van der Waals surface area contributed by atoms with Crippen molar-refractivity contribution in [2.75, 3.05) is 11.5 Å². The second-order valence-electron chi connectivity index (χ2n) is 5.87. The van der Waals surface area contributed by atoms with Crippen LogP contribution in [-0.4, -0.2) is 17.5 Å². The number of rotatable bonds is 6. The molecule has 0 unspecified atom stereocenters. The van der Waals surface area contributed by atoms with Gasteiger partial charge in [-0.05, 0) is 49.7 Å². The van der Waals surface area contributed by atoms with Gasteiger partial charge in [-0.3, -0.25) is 4.79 Å². The van der Waals surface area contributed by atoms with E-state index >= 15 is 0 Å². The number of anilines is 1. The highest BCUT2D eigenvalue weighted by atomic mass is 32.1. The van der Waals surface area contributed by atoms with Crippen molar-refractivity contribution in [1.29, 1.82) is 0 Å². The fourth-order valence-electron chi connectivity index (χ4n) is 2.52. The summed E-state index contributed by atoms with van der Waals surface area (Å²) >= 11 is 1.53. The van der Waals surface area contributed by atoms with Crippen LogP contribution in [0.15, 0.2) is 53.9 Å². The number of aromatic nitrogens is 1. The molecule has 26 heavy (non-hydrogen) atoms. The predicted octanol–water partition coefficient (Wildman–Crippen LogP) is 4.51. The van der Waals surface area contributed by atoms with Gasteiger partial charge in [0.15, 0.2) is 6.61 Å². The van der Waals surface area contributed by atoms with E-state index in [9.17, 15) is 9.18 Å². The summed E-state index contributed by atoms with van der Waals surface area (Å²) in [6.45, 7) is 4.05. The van der Waals surface area contributed by atoms with E-state index in [4.69, 9.17) is 4.74 Å². The number of aryl methyl sites for hydroxylation is 2. The average Bonchev–Trinajstić information content (AvgIpc) is 3.05. The maximum atomic E-state index is 13.3. The van der Waals surface area contributed by atoms with Crippen molar-refractivity contribution >= 4 is 22.9 Å². The van der Waals surface area contributed by atoms with Gasteiger partial charge in [-0.25, -0.2) is 9.37 Å². The van der Waals surface area contributed by atoms with Crippen molar-refractivity contribution in [3.63, 3.8) is 0 Å². The highest BCUT2D eigenvalue weighted by Gasteiger charge is 2.18. The molecule has 0 aliphatic carbocycles. The number of para-hydroxylation sites is 1. The lowest BCUT2D eigenvalue weighted by Crippen LogP contribution is -2.34. The summed E-state index contributed by atoms with van der Waals surface area (Å²) in [7, 11) is 0. The van der Waals surface area contributed by atoms with Gasteiger partial charge in [0.05, 0.1) is 17.2 Å². The lowest BCUT2D eigenvalue weighted by atomic mass is 10.2. The van der Waals surface area contributed by atoms with Crippen LogP contribution in [0.25, 0.3) is 0 Å². The zero-order chi connectivity index (χ0) is 18.5. The Bertz CT molecular complexity index is 893. The van der Waals surface area contributed by atoms with Crippen molar-refractivity contribution in [2.24, 2.45) is 0 Å². The molecule has 0 saturated carbocycles. The molecule has 1 amide bonds. The molecule has 0 fully saturated rings. The number of amides is 1. The molecule has 3 aromatic rings. The molecule has 0 atom stereocenters. The molecule has 0 saturated heterocycles. The summed E-state index contributed by atoms with van der Waals surface area (Å²) in [5, 5.41) is 2.85. The molecule has 0 aliphatic rings. The lowest BCUT2D eigenvalue weighted by Gasteiger charge is -2.22. The molecule has 2 aromatic carbocycles. The van der Waals surface area contributed by atoms with Gasteiger partial charge in [0.2, 0.25) is 0 Å². The number of ether oxygens (including phenoxy) is 1. The fourth-order valence-corrected chi connectivity index (χ4v) is 3.13. The summed E-state index contributed by atoms with van der Waals surface area (Å²) in [5.41, 5.74) is 2.36. The molecule has 0 spiro atoms. The third kappa shape index (κ3) is 4.46. The van der Waals surface area contributed by atoms with E-state index in [0.29, 0.717) is 18.0 Å². The summed E-state index contributed by atoms with van der Waals surface area (Å²) in [6.07, 6.45) is 0. The van der Waals surface area contributed by atoms with Gasteiger partial charge in [0, 0.05) is 11.1 Å². The Kier molecular flexibility index (Phi) is 5.63. The molecule has 6 heteroatoms. The van der Waals surface area contributed by atoms with Crippen molar-refractivity contribution in [3.8, 4) is 5.75 Å². The largest absolute Gasteiger partial charge is 0.483 e. The minimum absolute atomic E-state index is 0.106. The second-order valence-corrected chi connectivity index (χ2v) is 6.93. The molecule has 0 radical (unpaired) electrons. The van der Waals surface area contributed by atoms with Gasteiger partial charge in [-0.2, -0.15) is 0 Å². The van der Waals surface area contributed by atoms with Crippen LogP contribution >= 0.6 is 11.3 Å². The van der Waals surface area contributed by atoms with Gasteiger partial charge in [0.25, 0.3) is 5.91 Å². The topological polar surface area (TPSA) is 42.4 Å². The van der Waals surface area contributed by atoms with Crippen LogP contribution in [0.2, 0.25) is 0 Å². The van der Waals surface area contributed by atoms with Crippen LogP contribution in [0.3, 0.4) is 0 Å². The van der Waals surface area contributed by atoms with Gasteiger partial charge in [-0.15, -0.1) is 11.3 Å². The molecule has 1 heterocycles. The standard InChI is InChI=1S/C20H19FN2O2S/c1-14-5-3-4-6-19(14)25-12-20(24)23(11-17-13-26-15(2)22-17)18-9-7-16(21)8-10-18/h3-10,13H,11-12H2,1-2H3. The van der Waals surface area contributed by atoms with Gasteiger partial charge in [0.1, 0.15) is 11.6 Å². The molecule has 0 aliphatic heterocycles. The first-order valence-corrected chi connectivity index (χ1v) is 9.06. The van der Waals surface area contributed by atoms with E-state index in [0.717, 1.165) is 16.3 Å². The maximum Gasteiger partial charge on any atom is 0.265 e. The number of nitrogens with zero attached hydrogens (tertiary/aromatic N) is 2. The van der Waals surface area contributed by atoms with E-state index in [1.54, 1.807) is 17.0 Å². The molecule has 0 N–H and O–H groups in total. The number of benzene rings is 2. The SMILES string of the molecule is Cc1nc(CN(C(=O)COc2ccccc2C)c2ccc(F)cc2)cs1. The highest BCUT2D eigenvalue weighted by Crippen LogP contribution is 2.21. The zero-order valence-electron chi connectivity index (χ0n) is 14.6. The number of hydrogen-bond donors (Lipinski definition) is 0. The van der Waals surface area contributed by atoms with Crippen molar-refractivity contribution in [2.45, 2.75) is 20.4 Å². The molecule has 3 rings (SSSR count). The van der Waals surface area contributed by atoms with Crippen LogP contribution in [0, 0.1) is 19.7 Å². The first kappa shape index (κ1) is 18.1. The van der Waals surface area contributed by atoms with Crippen LogP contribution in [0.4, 0.5) is 10.1 Å². The van der Waals surface area contributed by atoms with Crippen molar-refractivity contribution in [3.05, 3.63) is 76.0 Å². The Labute approximate surface area is 155 Å². The summed E-state index contributed by atoms with van der Waals surface area (Å²) in [4.78, 5) is 18.8. The predicted molar refractivity (Wildman–Crippen MR) is 101 cm³/mol. The van der Waals surface area contributed by atoms with Crippen LogP contribution in [0.1, 0.15) is 16.3 Å². The summed E-state index contributed by atoms with van der Waals surface area (Å²) < 4.78 is 18.9. The lowest BCUT2D eigenvalue weighted by molar-refractivity contribution is -0.120. The second kappa shape index (κ2) is 8.10. The van der Waals surface area contributed by atoms with Crippen LogP contribution in [0.5, 0.6) is 5.75 Å². The van der Waals surface area contributed by atoms with E-state index in [1.165, 1.54) is 23.5 Å². The zero-order valence-corrected chi connectivity index (χ0v) is 15.4. The molecular weight excluding hydrogens is 351 g/mol. The van der Waals surface area contributed by atoms with Crippen molar-refractivity contribution in [1.82, 2.24) is 4.98 Å². The maximum absolute atomic E-state index is 13.3. The molecule has 4 nitrogen and oxygen atoms in total. The van der Waals surface area contributed by atoms with E-state index in [1.807, 2.05) is 43.5 Å². The normalized spacial score (nSPS) is 10.6. The van der Waals surface area contributed by atoms with Gasteiger partial charge >= 0.3 is 0 Å². The van der Waals surface area contributed by atoms with Crippen molar-refractivity contribution < 1.29 is 13.9 Å². The Morgan fingerprint density at radius 3 is 2.54 bits per heavy atom. The smallest absolute Gasteiger partial charge is 0.265 e. The number of carbonyl (C=O) groups excluding carboxylic acids is 1. The Morgan fingerprint density at radius 2 is 1.88 bits per heavy atom. The molecule has 0 bridgehead atoms. The summed E-state index contributed by atoms with van der Waals surface area (Å²) in [5.74, 6) is 0.108. The Hall–Kier alpha value is -2.73. The van der Waals surface area contributed by atoms with Crippen LogP contribution < -0.4 is 9.64 Å². The first-order valence-electron chi connectivity index (χ1n) is 8.18. The third-order valence-corrected chi connectivity index (χ3v) is 4.69. The van der Waals surface area contributed by atoms with E-state index in [2.05, 4.69) is 4.98 Å². The quantitative estimate of drug-likeness (QED) is 0.641. The number of thiazole rings is 1. The average molecular weight is 370 g/mol. The monoisotopic (exact) mass is 370 g/mol. The Balaban J connectivity index is 1.78. The number of hydrogen-bond acceptors (Lipinski definition) is 4. The minimum atomic E-state index is -0.346. The molecule has 134 valence electrons. The molecule has 1 aromatic heterocycles. The summed E-state index contributed by atoms with van der Waals surface area (Å²) in [6, 6.07) is 13.4. The number of carbonyl (C=O) groups is 1. The van der Waals surface area contributed by atoms with Crippen LogP contribution in [-0.2, 0) is 11.3 Å². The van der Waals surface area contributed by atoms with E-state index in [-0.39, 0.29) is 18.3 Å². The molecular formula is C20H19FN2O2S. The fraction of sp³-hybridized carbons (Fsp3) is 0.200. The Morgan fingerprint density at radius 1 is 1.15 bits per heavy atom. The number of halogens is 1. The first-order chi connectivity index (χ1) is 12.5. The van der Waals surface area contributed by atoms with Gasteiger partial charge < -0.3 is 9.64 Å². The van der Waals surface area contributed by atoms with Gasteiger partial charge in [-0.1, -0.05) is 18.2 Å². The minimum Gasteiger partial charge on any atom is -0.483 e. The van der Waals surface area contributed by atoms with E-state index < -0.39 is 0 Å². The third-order valence-electron chi connectivity index (χ3n) is 3.87.